The van der Waals surface area contributed by atoms with E-state index in [4.69, 9.17) is 11.6 Å². The molecule has 2 heterocycles. The minimum absolute atomic E-state index is 0.258. The number of hydrogen-bond donors (Lipinski definition) is 0. The quantitative estimate of drug-likeness (QED) is 0.647. The molecule has 0 N–H and O–H groups in total. The number of carbonyl (C=O) groups excluding carboxylic acids is 1. The number of carbonyl (C=O) groups is 1. The first-order valence-corrected chi connectivity index (χ1v) is 6.89. The maximum atomic E-state index is 12.4. The van der Waals surface area contributed by atoms with E-state index in [-0.39, 0.29) is 5.41 Å². The molecule has 2 nitrogen and oxygen atoms in total. The third-order valence-electron chi connectivity index (χ3n) is 4.74. The number of rotatable bonds is 1. The Morgan fingerprint density at radius 3 is 2.19 bits per heavy atom. The van der Waals surface area contributed by atoms with E-state index in [1.54, 1.807) is 0 Å². The van der Waals surface area contributed by atoms with Crippen LogP contribution in [0.15, 0.2) is 0 Å². The van der Waals surface area contributed by atoms with E-state index in [9.17, 15) is 4.79 Å². The van der Waals surface area contributed by atoms with E-state index in [0.717, 1.165) is 19.3 Å². The highest BCUT2D eigenvalue weighted by Crippen LogP contribution is 2.54. The summed E-state index contributed by atoms with van der Waals surface area (Å²) in [6, 6.07) is 0.898. The molecule has 3 unspecified atom stereocenters. The third kappa shape index (κ3) is 1.57. The van der Waals surface area contributed by atoms with Crippen molar-refractivity contribution in [3.63, 3.8) is 0 Å². The zero-order valence-electron chi connectivity index (χ0n) is 10.1. The Labute approximate surface area is 102 Å². The summed E-state index contributed by atoms with van der Waals surface area (Å²) in [5.41, 5.74) is 0.258. The summed E-state index contributed by atoms with van der Waals surface area (Å²) in [6.45, 7) is 4.40. The molecule has 2 bridgehead atoms. The monoisotopic (exact) mass is 241 g/mol. The number of alkyl halides is 1. The first-order valence-electron chi connectivity index (χ1n) is 6.45. The Bertz CT molecular complexity index is 314. The molecule has 3 aliphatic rings. The Balaban J connectivity index is 1.74. The first kappa shape index (κ1) is 10.9. The second kappa shape index (κ2) is 3.38. The van der Waals surface area contributed by atoms with Crippen molar-refractivity contribution in [2.24, 2.45) is 11.3 Å². The molecule has 3 heteroatoms. The highest BCUT2D eigenvalue weighted by Gasteiger charge is 2.55. The molecule has 0 aromatic heterocycles. The van der Waals surface area contributed by atoms with E-state index in [1.165, 1.54) is 12.8 Å². The maximum Gasteiger partial charge on any atom is 0.226 e. The molecule has 0 spiro atoms. The fourth-order valence-corrected chi connectivity index (χ4v) is 3.95. The largest absolute Gasteiger partial charge is 0.336 e. The van der Waals surface area contributed by atoms with Crippen molar-refractivity contribution in [2.45, 2.75) is 63.4 Å². The summed E-state index contributed by atoms with van der Waals surface area (Å²) >= 11 is 6.23. The molecule has 1 saturated carbocycles. The van der Waals surface area contributed by atoms with Crippen LogP contribution in [0.3, 0.4) is 0 Å². The normalized spacial score (nSPS) is 44.6. The number of fused-ring (bicyclic) bond motifs is 2. The highest BCUT2D eigenvalue weighted by atomic mass is 35.5. The van der Waals surface area contributed by atoms with Gasteiger partial charge in [0.25, 0.3) is 0 Å². The molecule has 0 radical (unpaired) electrons. The number of nitrogens with zero attached hydrogens (tertiary/aromatic N) is 1. The van der Waals surface area contributed by atoms with Crippen LogP contribution in [0.4, 0.5) is 0 Å². The lowest BCUT2D eigenvalue weighted by Crippen LogP contribution is -2.48. The SMILES string of the molecule is CC1(C)CC1C(=O)N1C2CCC1CC(Cl)C2. The smallest absolute Gasteiger partial charge is 0.226 e. The second-order valence-corrected chi connectivity index (χ2v) is 7.06. The van der Waals surface area contributed by atoms with Crippen molar-refractivity contribution in [1.29, 1.82) is 0 Å². The van der Waals surface area contributed by atoms with Crippen LogP contribution in [0.1, 0.15) is 46.0 Å². The molecule has 3 fully saturated rings. The van der Waals surface area contributed by atoms with E-state index < -0.39 is 0 Å². The van der Waals surface area contributed by atoms with Gasteiger partial charge >= 0.3 is 0 Å². The van der Waals surface area contributed by atoms with Gasteiger partial charge in [-0.2, -0.15) is 0 Å². The van der Waals surface area contributed by atoms with E-state index >= 15 is 0 Å². The summed E-state index contributed by atoms with van der Waals surface area (Å²) in [6.07, 6.45) is 5.44. The van der Waals surface area contributed by atoms with Gasteiger partial charge in [-0.05, 0) is 37.5 Å². The van der Waals surface area contributed by atoms with Crippen LogP contribution in [-0.2, 0) is 4.79 Å². The Morgan fingerprint density at radius 2 is 1.75 bits per heavy atom. The van der Waals surface area contributed by atoms with Gasteiger partial charge in [0.15, 0.2) is 0 Å². The van der Waals surface area contributed by atoms with Crippen LogP contribution in [0.2, 0.25) is 0 Å². The molecule has 3 rings (SSSR count). The maximum absolute atomic E-state index is 12.4. The van der Waals surface area contributed by atoms with Crippen LogP contribution >= 0.6 is 11.6 Å². The summed E-state index contributed by atoms with van der Waals surface area (Å²) in [5.74, 6) is 0.712. The first-order chi connectivity index (χ1) is 7.49. The van der Waals surface area contributed by atoms with Crippen LogP contribution in [0, 0.1) is 11.3 Å². The van der Waals surface area contributed by atoms with Gasteiger partial charge in [0.1, 0.15) is 0 Å². The molecule has 1 amide bonds. The van der Waals surface area contributed by atoms with Crippen LogP contribution in [0.5, 0.6) is 0 Å². The molecular formula is C13H20ClNO. The van der Waals surface area contributed by atoms with E-state index in [0.29, 0.717) is 29.3 Å². The van der Waals surface area contributed by atoms with Crippen molar-refractivity contribution in [2.75, 3.05) is 0 Å². The van der Waals surface area contributed by atoms with Crippen molar-refractivity contribution >= 4 is 17.5 Å². The lowest BCUT2D eigenvalue weighted by atomic mass is 10.0. The van der Waals surface area contributed by atoms with Crippen LogP contribution in [0.25, 0.3) is 0 Å². The van der Waals surface area contributed by atoms with E-state index in [2.05, 4.69) is 18.7 Å². The number of amides is 1. The van der Waals surface area contributed by atoms with Gasteiger partial charge in [0.05, 0.1) is 0 Å². The summed E-state index contributed by atoms with van der Waals surface area (Å²) in [7, 11) is 0. The van der Waals surface area contributed by atoms with Gasteiger partial charge in [0.2, 0.25) is 5.91 Å². The topological polar surface area (TPSA) is 20.3 Å². The fourth-order valence-electron chi connectivity index (χ4n) is 3.54. The standard InChI is InChI=1S/C13H20ClNO/c1-13(2)7-11(13)12(16)15-9-3-4-10(15)6-8(14)5-9/h8-11H,3-7H2,1-2H3. The lowest BCUT2D eigenvalue weighted by molar-refractivity contribution is -0.137. The molecule has 90 valence electrons. The predicted molar refractivity (Wildman–Crippen MR) is 64.4 cm³/mol. The van der Waals surface area contributed by atoms with Gasteiger partial charge < -0.3 is 4.90 Å². The molecular weight excluding hydrogens is 222 g/mol. The summed E-state index contributed by atoms with van der Waals surface area (Å²) in [4.78, 5) is 14.6. The minimum Gasteiger partial charge on any atom is -0.336 e. The Kier molecular flexibility index (Phi) is 2.30. The average Bonchev–Trinajstić information content (AvgIpc) is 2.74. The van der Waals surface area contributed by atoms with Gasteiger partial charge in [-0.1, -0.05) is 13.8 Å². The molecule has 16 heavy (non-hydrogen) atoms. The van der Waals surface area contributed by atoms with Gasteiger partial charge in [-0.25, -0.2) is 0 Å². The zero-order valence-corrected chi connectivity index (χ0v) is 10.8. The number of halogens is 1. The predicted octanol–water partition coefficient (Wildman–Crippen LogP) is 2.79. The van der Waals surface area contributed by atoms with Gasteiger partial charge in [-0.15, -0.1) is 11.6 Å². The summed E-state index contributed by atoms with van der Waals surface area (Å²) in [5, 5.41) is 0.300. The van der Waals surface area contributed by atoms with E-state index in [1.807, 2.05) is 0 Å². The van der Waals surface area contributed by atoms with Crippen molar-refractivity contribution in [3.8, 4) is 0 Å². The highest BCUT2D eigenvalue weighted by molar-refractivity contribution is 6.20. The molecule has 0 aromatic carbocycles. The van der Waals surface area contributed by atoms with Crippen LogP contribution in [-0.4, -0.2) is 28.3 Å². The minimum atomic E-state index is 0.258. The molecule has 0 aromatic rings. The van der Waals surface area contributed by atoms with Gasteiger partial charge in [-0.3, -0.25) is 4.79 Å². The second-order valence-electron chi connectivity index (χ2n) is 6.44. The third-order valence-corrected chi connectivity index (χ3v) is 5.10. The molecule has 2 saturated heterocycles. The Hall–Kier alpha value is -0.240. The molecule has 3 atom stereocenters. The number of hydrogen-bond acceptors (Lipinski definition) is 1. The van der Waals surface area contributed by atoms with Crippen molar-refractivity contribution in [1.82, 2.24) is 4.90 Å². The van der Waals surface area contributed by atoms with Gasteiger partial charge in [0, 0.05) is 23.4 Å². The fraction of sp³-hybridized carbons (Fsp3) is 0.923. The zero-order chi connectivity index (χ0) is 11.5. The molecule has 1 aliphatic carbocycles. The average molecular weight is 242 g/mol. The lowest BCUT2D eigenvalue weighted by Gasteiger charge is -2.37. The summed E-state index contributed by atoms with van der Waals surface area (Å²) < 4.78 is 0. The molecule has 2 aliphatic heterocycles. The number of piperidine rings is 1. The van der Waals surface area contributed by atoms with Crippen molar-refractivity contribution in [3.05, 3.63) is 0 Å². The van der Waals surface area contributed by atoms with Crippen molar-refractivity contribution < 1.29 is 4.79 Å². The Morgan fingerprint density at radius 1 is 1.25 bits per heavy atom. The van der Waals surface area contributed by atoms with Crippen LogP contribution < -0.4 is 0 Å².